The first kappa shape index (κ1) is 18.7. The van der Waals surface area contributed by atoms with Crippen LogP contribution in [-0.2, 0) is 12.8 Å². The maximum absolute atomic E-state index is 13.1. The van der Waals surface area contributed by atoms with E-state index in [1.54, 1.807) is 42.6 Å². The SMILES string of the molecule is O=C(Nc1sc2c(c1C(=O)Nc1ccc(Cl)cc1)CCCC2)c1cccnc1. The number of nitrogens with one attached hydrogen (secondary N) is 2. The highest BCUT2D eigenvalue weighted by molar-refractivity contribution is 7.17. The van der Waals surface area contributed by atoms with Crippen LogP contribution >= 0.6 is 22.9 Å². The molecular formula is C21H18ClN3O2S. The first-order valence-corrected chi connectivity index (χ1v) is 10.2. The molecule has 0 saturated carbocycles. The number of aromatic nitrogens is 1. The van der Waals surface area contributed by atoms with Gasteiger partial charge >= 0.3 is 0 Å². The number of carbonyl (C=O) groups is 2. The quantitative estimate of drug-likeness (QED) is 0.621. The average molecular weight is 412 g/mol. The minimum atomic E-state index is -0.271. The van der Waals surface area contributed by atoms with E-state index in [2.05, 4.69) is 15.6 Å². The second kappa shape index (κ2) is 8.12. The largest absolute Gasteiger partial charge is 0.322 e. The third-order valence-electron chi connectivity index (χ3n) is 4.65. The van der Waals surface area contributed by atoms with Crippen LogP contribution in [0, 0.1) is 0 Å². The minimum Gasteiger partial charge on any atom is -0.322 e. The van der Waals surface area contributed by atoms with Gasteiger partial charge in [-0.05, 0) is 67.6 Å². The number of halogens is 1. The lowest BCUT2D eigenvalue weighted by Crippen LogP contribution is -2.18. The van der Waals surface area contributed by atoms with E-state index in [-0.39, 0.29) is 11.8 Å². The van der Waals surface area contributed by atoms with Gasteiger partial charge in [0.1, 0.15) is 5.00 Å². The maximum Gasteiger partial charge on any atom is 0.258 e. The van der Waals surface area contributed by atoms with E-state index >= 15 is 0 Å². The van der Waals surface area contributed by atoms with Gasteiger partial charge in [0.2, 0.25) is 0 Å². The van der Waals surface area contributed by atoms with Crippen LogP contribution in [0.25, 0.3) is 0 Å². The van der Waals surface area contributed by atoms with Crippen molar-refractivity contribution in [2.75, 3.05) is 10.6 Å². The summed E-state index contributed by atoms with van der Waals surface area (Å²) in [5.41, 5.74) is 2.73. The number of hydrogen-bond acceptors (Lipinski definition) is 4. The predicted molar refractivity (Wildman–Crippen MR) is 113 cm³/mol. The number of thiophene rings is 1. The van der Waals surface area contributed by atoms with Crippen molar-refractivity contribution in [3.05, 3.63) is 75.4 Å². The molecule has 0 spiro atoms. The predicted octanol–water partition coefficient (Wildman–Crippen LogP) is 5.18. The molecule has 0 bridgehead atoms. The van der Waals surface area contributed by atoms with E-state index in [0.29, 0.717) is 26.8 Å². The molecule has 2 amide bonds. The second-order valence-corrected chi connectivity index (χ2v) is 8.11. The molecule has 0 fully saturated rings. The number of hydrogen-bond donors (Lipinski definition) is 2. The van der Waals surface area contributed by atoms with Crippen molar-refractivity contribution in [3.8, 4) is 0 Å². The van der Waals surface area contributed by atoms with Crippen molar-refractivity contribution in [3.63, 3.8) is 0 Å². The topological polar surface area (TPSA) is 71.1 Å². The van der Waals surface area contributed by atoms with E-state index in [1.165, 1.54) is 22.4 Å². The van der Waals surface area contributed by atoms with E-state index in [9.17, 15) is 9.59 Å². The number of pyridine rings is 1. The molecule has 0 atom stereocenters. The molecule has 0 aliphatic heterocycles. The van der Waals surface area contributed by atoms with Crippen LogP contribution in [0.15, 0.2) is 48.8 Å². The smallest absolute Gasteiger partial charge is 0.258 e. The number of rotatable bonds is 4. The third-order valence-corrected chi connectivity index (χ3v) is 6.11. The fourth-order valence-corrected chi connectivity index (χ4v) is 4.70. The molecule has 0 saturated heterocycles. The highest BCUT2D eigenvalue weighted by Crippen LogP contribution is 2.38. The summed E-state index contributed by atoms with van der Waals surface area (Å²) in [6, 6.07) is 10.4. The summed E-state index contributed by atoms with van der Waals surface area (Å²) in [5.74, 6) is -0.490. The van der Waals surface area contributed by atoms with Crippen LogP contribution in [0.4, 0.5) is 10.7 Å². The zero-order valence-corrected chi connectivity index (χ0v) is 16.6. The molecule has 28 heavy (non-hydrogen) atoms. The molecule has 4 rings (SSSR count). The number of benzene rings is 1. The van der Waals surface area contributed by atoms with E-state index in [4.69, 9.17) is 11.6 Å². The Morgan fingerprint density at radius 2 is 1.79 bits per heavy atom. The molecule has 0 unspecified atom stereocenters. The molecule has 2 heterocycles. The van der Waals surface area contributed by atoms with Gasteiger partial charge in [0.15, 0.2) is 0 Å². The van der Waals surface area contributed by atoms with Crippen LogP contribution < -0.4 is 10.6 Å². The first-order chi connectivity index (χ1) is 13.6. The molecule has 3 aromatic rings. The molecule has 2 aromatic heterocycles. The summed E-state index contributed by atoms with van der Waals surface area (Å²) >= 11 is 7.41. The van der Waals surface area contributed by atoms with Gasteiger partial charge in [-0.25, -0.2) is 0 Å². The monoisotopic (exact) mass is 411 g/mol. The van der Waals surface area contributed by atoms with Crippen LogP contribution in [0.5, 0.6) is 0 Å². The highest BCUT2D eigenvalue weighted by atomic mass is 35.5. The number of fused-ring (bicyclic) bond motifs is 1. The normalized spacial score (nSPS) is 12.9. The molecule has 1 aliphatic carbocycles. The van der Waals surface area contributed by atoms with E-state index in [0.717, 1.165) is 31.2 Å². The van der Waals surface area contributed by atoms with Gasteiger partial charge in [0.05, 0.1) is 11.1 Å². The summed E-state index contributed by atoms with van der Waals surface area (Å²) < 4.78 is 0. The Labute approximate surface area is 171 Å². The summed E-state index contributed by atoms with van der Waals surface area (Å²) in [6.45, 7) is 0. The summed E-state index contributed by atoms with van der Waals surface area (Å²) in [4.78, 5) is 30.8. The van der Waals surface area contributed by atoms with Crippen molar-refractivity contribution in [1.29, 1.82) is 0 Å². The van der Waals surface area contributed by atoms with Crippen molar-refractivity contribution >= 4 is 45.4 Å². The number of aryl methyl sites for hydroxylation is 1. The lowest BCUT2D eigenvalue weighted by atomic mass is 9.95. The van der Waals surface area contributed by atoms with E-state index < -0.39 is 0 Å². The van der Waals surface area contributed by atoms with Gasteiger partial charge in [0.25, 0.3) is 11.8 Å². The highest BCUT2D eigenvalue weighted by Gasteiger charge is 2.26. The summed E-state index contributed by atoms with van der Waals surface area (Å²) in [6.07, 6.45) is 7.05. The molecule has 0 radical (unpaired) electrons. The van der Waals surface area contributed by atoms with Crippen LogP contribution in [0.2, 0.25) is 5.02 Å². The minimum absolute atomic E-state index is 0.219. The molecule has 5 nitrogen and oxygen atoms in total. The van der Waals surface area contributed by atoms with Crippen LogP contribution in [0.3, 0.4) is 0 Å². The maximum atomic E-state index is 13.1. The van der Waals surface area contributed by atoms with Gasteiger partial charge < -0.3 is 10.6 Å². The Morgan fingerprint density at radius 3 is 2.54 bits per heavy atom. The Hall–Kier alpha value is -2.70. The average Bonchev–Trinajstić information content (AvgIpc) is 3.08. The van der Waals surface area contributed by atoms with Gasteiger partial charge in [-0.15, -0.1) is 11.3 Å². The molecule has 2 N–H and O–H groups in total. The molecule has 7 heteroatoms. The Morgan fingerprint density at radius 1 is 1.00 bits per heavy atom. The van der Waals surface area contributed by atoms with Crippen LogP contribution in [0.1, 0.15) is 44.0 Å². The lowest BCUT2D eigenvalue weighted by molar-refractivity contribution is 0.102. The van der Waals surface area contributed by atoms with Gasteiger partial charge in [-0.2, -0.15) is 0 Å². The van der Waals surface area contributed by atoms with Gasteiger partial charge in [0, 0.05) is 28.0 Å². The van der Waals surface area contributed by atoms with Crippen molar-refractivity contribution < 1.29 is 9.59 Å². The van der Waals surface area contributed by atoms with Crippen LogP contribution in [-0.4, -0.2) is 16.8 Å². The Kier molecular flexibility index (Phi) is 5.41. The molecular weight excluding hydrogens is 394 g/mol. The van der Waals surface area contributed by atoms with E-state index in [1.807, 2.05) is 0 Å². The van der Waals surface area contributed by atoms with Crippen molar-refractivity contribution in [1.82, 2.24) is 4.98 Å². The fraction of sp³-hybridized carbons (Fsp3) is 0.190. The molecule has 1 aliphatic rings. The zero-order chi connectivity index (χ0) is 19.5. The number of amides is 2. The van der Waals surface area contributed by atoms with Crippen molar-refractivity contribution in [2.45, 2.75) is 25.7 Å². The number of carbonyl (C=O) groups excluding carboxylic acids is 2. The standard InChI is InChI=1S/C21H18ClN3O2S/c22-14-7-9-15(10-8-14)24-20(27)18-16-5-1-2-6-17(16)28-21(18)25-19(26)13-4-3-11-23-12-13/h3-4,7-12H,1-2,5-6H2,(H,24,27)(H,25,26). The second-order valence-electron chi connectivity index (χ2n) is 6.57. The number of nitrogens with zero attached hydrogens (tertiary/aromatic N) is 1. The summed E-state index contributed by atoms with van der Waals surface area (Å²) in [5, 5.41) is 7.03. The lowest BCUT2D eigenvalue weighted by Gasteiger charge is -2.13. The Bertz CT molecular complexity index is 1020. The fourth-order valence-electron chi connectivity index (χ4n) is 3.29. The first-order valence-electron chi connectivity index (χ1n) is 9.04. The molecule has 142 valence electrons. The van der Waals surface area contributed by atoms with Crippen molar-refractivity contribution in [2.24, 2.45) is 0 Å². The van der Waals surface area contributed by atoms with Gasteiger partial charge in [-0.3, -0.25) is 14.6 Å². The summed E-state index contributed by atoms with van der Waals surface area (Å²) in [7, 11) is 0. The number of anilines is 2. The third kappa shape index (κ3) is 3.93. The molecule has 1 aromatic carbocycles. The zero-order valence-electron chi connectivity index (χ0n) is 15.0. The Balaban J connectivity index is 1.65. The van der Waals surface area contributed by atoms with Gasteiger partial charge in [-0.1, -0.05) is 11.6 Å².